The van der Waals surface area contributed by atoms with E-state index in [0.717, 1.165) is 47.0 Å². The second-order valence-corrected chi connectivity index (χ2v) is 7.93. The molecule has 1 heterocycles. The molecule has 1 aromatic heterocycles. The fraction of sp³-hybridized carbons (Fsp3) is 0.320. The van der Waals surface area contributed by atoms with E-state index in [1.54, 1.807) is 12.1 Å². The second-order valence-electron chi connectivity index (χ2n) is 7.93. The highest BCUT2D eigenvalue weighted by Gasteiger charge is 2.31. The first kappa shape index (κ1) is 21.4. The van der Waals surface area contributed by atoms with Gasteiger partial charge in [0.2, 0.25) is 5.91 Å². The molecule has 32 heavy (non-hydrogen) atoms. The molecule has 0 spiro atoms. The van der Waals surface area contributed by atoms with Gasteiger partial charge in [-0.25, -0.2) is 4.79 Å². The predicted molar refractivity (Wildman–Crippen MR) is 119 cm³/mol. The van der Waals surface area contributed by atoms with Crippen molar-refractivity contribution in [1.82, 2.24) is 4.57 Å². The van der Waals surface area contributed by atoms with Crippen LogP contribution in [0.3, 0.4) is 0 Å². The topological polar surface area (TPSA) is 107 Å². The number of hydrogen-bond acceptors (Lipinski definition) is 5. The molecule has 0 bridgehead atoms. The first-order valence-electron chi connectivity index (χ1n) is 10.7. The van der Waals surface area contributed by atoms with Gasteiger partial charge in [-0.1, -0.05) is 30.7 Å². The molecule has 2 aromatic carbocycles. The van der Waals surface area contributed by atoms with Gasteiger partial charge in [-0.05, 0) is 48.6 Å². The van der Waals surface area contributed by atoms with Crippen molar-refractivity contribution in [2.75, 3.05) is 13.7 Å². The molecule has 7 heteroatoms. The van der Waals surface area contributed by atoms with Gasteiger partial charge in [0.1, 0.15) is 5.75 Å². The smallest absolute Gasteiger partial charge is 0.343 e. The maximum Gasteiger partial charge on any atom is 0.343 e. The van der Waals surface area contributed by atoms with Crippen LogP contribution < -0.4 is 10.5 Å². The number of nitrogens with zero attached hydrogens (tertiary/aromatic N) is 2. The van der Waals surface area contributed by atoms with E-state index in [2.05, 4.69) is 10.6 Å². The van der Waals surface area contributed by atoms with Crippen molar-refractivity contribution in [3.05, 3.63) is 64.8 Å². The van der Waals surface area contributed by atoms with E-state index < -0.39 is 11.9 Å². The van der Waals surface area contributed by atoms with E-state index in [9.17, 15) is 14.9 Å². The highest BCUT2D eigenvalue weighted by molar-refractivity contribution is 5.97. The zero-order chi connectivity index (χ0) is 22.7. The van der Waals surface area contributed by atoms with Crippen molar-refractivity contribution in [1.29, 1.82) is 5.26 Å². The molecule has 0 saturated carbocycles. The van der Waals surface area contributed by atoms with Gasteiger partial charge < -0.3 is 19.8 Å². The summed E-state index contributed by atoms with van der Waals surface area (Å²) >= 11 is 0. The van der Waals surface area contributed by atoms with Crippen LogP contribution in [0.1, 0.15) is 47.6 Å². The number of methoxy groups -OCH3 is 1. The van der Waals surface area contributed by atoms with Crippen LogP contribution in [0.25, 0.3) is 10.9 Å². The fourth-order valence-electron chi connectivity index (χ4n) is 4.60. The minimum absolute atomic E-state index is 0.228. The number of carbonyl (C=O) groups is 2. The first-order valence-corrected chi connectivity index (χ1v) is 10.7. The van der Waals surface area contributed by atoms with Crippen LogP contribution in [0.2, 0.25) is 0 Å². The maximum atomic E-state index is 12.5. The zero-order valence-electron chi connectivity index (χ0n) is 18.0. The molecule has 3 aromatic rings. The fourth-order valence-corrected chi connectivity index (χ4v) is 4.60. The average Bonchev–Trinajstić information content (AvgIpc) is 2.96. The van der Waals surface area contributed by atoms with Crippen molar-refractivity contribution in [3.8, 4) is 11.8 Å². The molecule has 2 N–H and O–H groups in total. The standard InChI is InChI=1S/C25H25N3O4/c1-31-22(29)15-32-21-12-6-11-20-24(21)23-18(25(27)30)9-4-5-10-19(23)28(20)14-17-8-3-2-7-16(17)13-26/h2-3,6-8,11-12,18H,4-5,9-10,14-15H2,1H3,(H2,27,30). The van der Waals surface area contributed by atoms with Gasteiger partial charge in [-0.15, -0.1) is 0 Å². The van der Waals surface area contributed by atoms with Gasteiger partial charge in [-0.3, -0.25) is 4.79 Å². The minimum Gasteiger partial charge on any atom is -0.481 e. The summed E-state index contributed by atoms with van der Waals surface area (Å²) in [6.07, 6.45) is 3.29. The van der Waals surface area contributed by atoms with E-state index in [0.29, 0.717) is 24.3 Å². The van der Waals surface area contributed by atoms with E-state index in [1.807, 2.05) is 30.3 Å². The molecular weight excluding hydrogens is 406 g/mol. The molecule has 1 atom stereocenters. The van der Waals surface area contributed by atoms with E-state index in [4.69, 9.17) is 15.2 Å². The number of primary amides is 1. The van der Waals surface area contributed by atoms with Crippen LogP contribution in [-0.4, -0.2) is 30.2 Å². The van der Waals surface area contributed by atoms with Crippen LogP contribution in [0.4, 0.5) is 0 Å². The molecule has 0 radical (unpaired) electrons. The number of aromatic nitrogens is 1. The molecular formula is C25H25N3O4. The van der Waals surface area contributed by atoms with Crippen molar-refractivity contribution >= 4 is 22.8 Å². The first-order chi connectivity index (χ1) is 15.5. The SMILES string of the molecule is COC(=O)COc1cccc2c1c1c(n2Cc2ccccc2C#N)CCCCC1C(N)=O. The van der Waals surface area contributed by atoms with E-state index in [1.165, 1.54) is 7.11 Å². The van der Waals surface area contributed by atoms with Crippen molar-refractivity contribution in [2.45, 2.75) is 38.1 Å². The van der Waals surface area contributed by atoms with Crippen molar-refractivity contribution in [3.63, 3.8) is 0 Å². The summed E-state index contributed by atoms with van der Waals surface area (Å²) < 4.78 is 12.7. The number of hydrogen-bond donors (Lipinski definition) is 1. The monoisotopic (exact) mass is 431 g/mol. The molecule has 0 aliphatic heterocycles. The molecule has 0 fully saturated rings. The third-order valence-corrected chi connectivity index (χ3v) is 6.09. The molecule has 1 aliphatic rings. The van der Waals surface area contributed by atoms with E-state index >= 15 is 0 Å². The summed E-state index contributed by atoms with van der Waals surface area (Å²) in [6, 6.07) is 15.4. The Morgan fingerprint density at radius 2 is 2.00 bits per heavy atom. The second kappa shape index (κ2) is 9.15. The normalized spacial score (nSPS) is 15.4. The number of amides is 1. The molecule has 4 rings (SSSR count). The molecule has 1 aliphatic carbocycles. The molecule has 7 nitrogen and oxygen atoms in total. The van der Waals surface area contributed by atoms with Crippen LogP contribution >= 0.6 is 0 Å². The van der Waals surface area contributed by atoms with Gasteiger partial charge in [0.15, 0.2) is 6.61 Å². The highest BCUT2D eigenvalue weighted by atomic mass is 16.6. The minimum atomic E-state index is -0.484. The number of rotatable bonds is 6. The molecule has 1 unspecified atom stereocenters. The summed E-state index contributed by atoms with van der Waals surface area (Å²) in [4.78, 5) is 24.2. The lowest BCUT2D eigenvalue weighted by Crippen LogP contribution is -2.22. The Labute approximate surface area is 186 Å². The summed E-state index contributed by atoms with van der Waals surface area (Å²) in [7, 11) is 1.31. The third-order valence-electron chi connectivity index (χ3n) is 6.09. The van der Waals surface area contributed by atoms with Crippen LogP contribution in [-0.2, 0) is 27.3 Å². The average molecular weight is 431 g/mol. The van der Waals surface area contributed by atoms with Crippen LogP contribution in [0, 0.1) is 11.3 Å². The molecule has 0 saturated heterocycles. The summed E-state index contributed by atoms with van der Waals surface area (Å²) in [5.41, 5.74) is 10.1. The van der Waals surface area contributed by atoms with E-state index in [-0.39, 0.29) is 12.5 Å². The number of nitriles is 1. The lowest BCUT2D eigenvalue weighted by molar-refractivity contribution is -0.142. The van der Waals surface area contributed by atoms with Gasteiger partial charge in [-0.2, -0.15) is 5.26 Å². The Bertz CT molecular complexity index is 1220. The number of ether oxygens (including phenoxy) is 2. The lowest BCUT2D eigenvalue weighted by Gasteiger charge is -2.14. The van der Waals surface area contributed by atoms with Crippen molar-refractivity contribution < 1.29 is 19.1 Å². The number of carbonyl (C=O) groups excluding carboxylic acids is 2. The summed E-state index contributed by atoms with van der Waals surface area (Å²) in [5, 5.41) is 10.4. The summed E-state index contributed by atoms with van der Waals surface area (Å²) in [6.45, 7) is 0.259. The van der Waals surface area contributed by atoms with Crippen molar-refractivity contribution in [2.24, 2.45) is 5.73 Å². The van der Waals surface area contributed by atoms with Gasteiger partial charge in [0.05, 0.1) is 30.2 Å². The highest BCUT2D eigenvalue weighted by Crippen LogP contribution is 2.42. The lowest BCUT2D eigenvalue weighted by atomic mass is 9.92. The third kappa shape index (κ3) is 3.92. The van der Waals surface area contributed by atoms with Gasteiger partial charge in [0.25, 0.3) is 0 Å². The maximum absolute atomic E-state index is 12.5. The number of esters is 1. The Morgan fingerprint density at radius 3 is 2.75 bits per heavy atom. The molecule has 1 amide bonds. The van der Waals surface area contributed by atoms with Gasteiger partial charge in [0, 0.05) is 17.6 Å². The Balaban J connectivity index is 1.94. The molecule has 164 valence electrons. The summed E-state index contributed by atoms with van der Waals surface area (Å²) in [5.74, 6) is -0.774. The van der Waals surface area contributed by atoms with Crippen LogP contribution in [0.15, 0.2) is 42.5 Å². The quantitative estimate of drug-likeness (QED) is 0.475. The predicted octanol–water partition coefficient (Wildman–Crippen LogP) is 3.41. The Hall–Kier alpha value is -3.79. The van der Waals surface area contributed by atoms with Gasteiger partial charge >= 0.3 is 5.97 Å². The largest absolute Gasteiger partial charge is 0.481 e. The Morgan fingerprint density at radius 1 is 1.19 bits per heavy atom. The number of nitrogens with two attached hydrogens (primary N) is 1. The zero-order valence-corrected chi connectivity index (χ0v) is 18.0. The number of benzene rings is 2. The van der Waals surface area contributed by atoms with Crippen LogP contribution in [0.5, 0.6) is 5.75 Å². The number of fused-ring (bicyclic) bond motifs is 3. The Kier molecular flexibility index (Phi) is 6.13.